The fraction of sp³-hybridized carbons (Fsp3) is 0.875. The average Bonchev–Trinajstić information content (AvgIpc) is 2.42. The van der Waals surface area contributed by atoms with Gasteiger partial charge >= 0.3 is 0 Å². The molecule has 0 aromatic carbocycles. The molecule has 2 atom stereocenters. The first-order chi connectivity index (χ1) is 10.1. The first-order valence-electron chi connectivity index (χ1n) is 7.89. The third-order valence-corrected chi connectivity index (χ3v) is 3.57. The molecule has 6 nitrogen and oxygen atoms in total. The van der Waals surface area contributed by atoms with Gasteiger partial charge in [0.1, 0.15) is 6.54 Å². The highest BCUT2D eigenvalue weighted by Crippen LogP contribution is 2.20. The Bertz CT molecular complexity index is 368. The summed E-state index contributed by atoms with van der Waals surface area (Å²) in [5.74, 6) is 0.625. The number of ether oxygens (including phenoxy) is 1. The van der Waals surface area contributed by atoms with Crippen LogP contribution in [0.25, 0.3) is 0 Å². The van der Waals surface area contributed by atoms with E-state index in [0.29, 0.717) is 12.5 Å². The van der Waals surface area contributed by atoms with Crippen LogP contribution in [-0.2, 0) is 9.53 Å². The zero-order valence-corrected chi connectivity index (χ0v) is 18.2. The monoisotopic (exact) mass is 442 g/mol. The predicted molar refractivity (Wildman–Crippen MR) is 108 cm³/mol. The maximum atomic E-state index is 11.7. The van der Waals surface area contributed by atoms with Gasteiger partial charge in [0.15, 0.2) is 5.96 Å². The van der Waals surface area contributed by atoms with Gasteiger partial charge in [0.25, 0.3) is 0 Å². The van der Waals surface area contributed by atoms with E-state index in [4.69, 9.17) is 4.74 Å². The van der Waals surface area contributed by atoms with Gasteiger partial charge in [-0.2, -0.15) is 0 Å². The van der Waals surface area contributed by atoms with E-state index in [9.17, 15) is 4.79 Å². The number of carbonyl (C=O) groups is 1. The van der Waals surface area contributed by atoms with E-state index in [-0.39, 0.29) is 54.0 Å². The summed E-state index contributed by atoms with van der Waals surface area (Å²) in [6.45, 7) is 11.4. The van der Waals surface area contributed by atoms with E-state index >= 15 is 0 Å². The number of nitrogens with one attached hydrogen (secondary N) is 2. The van der Waals surface area contributed by atoms with Gasteiger partial charge < -0.3 is 20.3 Å². The largest absolute Gasteiger partial charge is 0.379 e. The van der Waals surface area contributed by atoms with Crippen molar-refractivity contribution in [2.24, 2.45) is 10.4 Å². The van der Waals surface area contributed by atoms with E-state index in [0.717, 1.165) is 6.42 Å². The molecular formula is C16H35IN4O2. The van der Waals surface area contributed by atoms with Crippen LogP contribution in [0, 0.1) is 5.41 Å². The number of carbonyl (C=O) groups excluding carboxylic acids is 1. The second kappa shape index (κ2) is 11.9. The molecule has 7 heteroatoms. The zero-order valence-electron chi connectivity index (χ0n) is 15.9. The molecule has 2 N–H and O–H groups in total. The van der Waals surface area contributed by atoms with Gasteiger partial charge in [-0.1, -0.05) is 27.7 Å². The van der Waals surface area contributed by atoms with E-state index in [1.54, 1.807) is 21.2 Å². The maximum Gasteiger partial charge on any atom is 0.243 e. The summed E-state index contributed by atoms with van der Waals surface area (Å²) in [6.07, 6.45) is 1.04. The minimum absolute atomic E-state index is 0. The second-order valence-electron chi connectivity index (χ2n) is 6.88. The molecule has 0 aromatic rings. The van der Waals surface area contributed by atoms with Gasteiger partial charge in [-0.05, 0) is 18.8 Å². The highest BCUT2D eigenvalue weighted by molar-refractivity contribution is 14.0. The summed E-state index contributed by atoms with van der Waals surface area (Å²) in [5, 5.41) is 6.58. The van der Waals surface area contributed by atoms with E-state index in [2.05, 4.69) is 50.2 Å². The van der Waals surface area contributed by atoms with Crippen LogP contribution in [-0.4, -0.2) is 63.2 Å². The molecular weight excluding hydrogens is 407 g/mol. The van der Waals surface area contributed by atoms with Crippen LogP contribution < -0.4 is 10.6 Å². The first-order valence-corrected chi connectivity index (χ1v) is 7.89. The van der Waals surface area contributed by atoms with Crippen LogP contribution in [0.1, 0.15) is 41.0 Å². The number of amides is 1. The van der Waals surface area contributed by atoms with Gasteiger partial charge in [-0.25, -0.2) is 4.99 Å². The summed E-state index contributed by atoms with van der Waals surface area (Å²) >= 11 is 0. The Kier molecular flexibility index (Phi) is 12.8. The van der Waals surface area contributed by atoms with Crippen LogP contribution in [0.3, 0.4) is 0 Å². The standard InChI is InChI=1S/C16H34N4O2.HI/c1-9-12(2)19-15(18-11-14(21)20(6)7)17-10-13(22-8)16(3,4)5;/h12-13H,9-11H2,1-8H3,(H2,17,18,19);1H. The van der Waals surface area contributed by atoms with Crippen molar-refractivity contribution in [2.45, 2.75) is 53.2 Å². The van der Waals surface area contributed by atoms with Gasteiger partial charge in [0, 0.05) is 33.8 Å². The van der Waals surface area contributed by atoms with Crippen molar-refractivity contribution in [2.75, 3.05) is 34.3 Å². The minimum atomic E-state index is -0.0237. The summed E-state index contributed by atoms with van der Waals surface area (Å²) in [5.41, 5.74) is 0.0304. The fourth-order valence-corrected chi connectivity index (χ4v) is 1.71. The quantitative estimate of drug-likeness (QED) is 0.360. The molecule has 1 amide bonds. The molecule has 23 heavy (non-hydrogen) atoms. The van der Waals surface area contributed by atoms with Crippen LogP contribution in [0.2, 0.25) is 0 Å². The molecule has 0 radical (unpaired) electrons. The van der Waals surface area contributed by atoms with Crippen LogP contribution in [0.15, 0.2) is 4.99 Å². The number of methoxy groups -OCH3 is 1. The zero-order chi connectivity index (χ0) is 17.3. The highest BCUT2D eigenvalue weighted by Gasteiger charge is 2.24. The molecule has 0 bridgehead atoms. The Hall–Kier alpha value is -0.570. The van der Waals surface area contributed by atoms with Crippen molar-refractivity contribution in [3.63, 3.8) is 0 Å². The molecule has 0 saturated carbocycles. The Morgan fingerprint density at radius 1 is 1.30 bits per heavy atom. The molecule has 0 rings (SSSR count). The SMILES string of the molecule is CCC(C)NC(=NCC(=O)N(C)C)NCC(OC)C(C)(C)C.I. The molecule has 0 aromatic heterocycles. The van der Waals surface area contributed by atoms with Gasteiger partial charge in [0.05, 0.1) is 6.10 Å². The van der Waals surface area contributed by atoms with Crippen LogP contribution in [0.5, 0.6) is 0 Å². The Morgan fingerprint density at radius 2 is 1.87 bits per heavy atom. The van der Waals surface area contributed by atoms with Gasteiger partial charge in [-0.15, -0.1) is 24.0 Å². The molecule has 138 valence electrons. The summed E-state index contributed by atoms with van der Waals surface area (Å²) in [4.78, 5) is 17.6. The lowest BCUT2D eigenvalue weighted by atomic mass is 9.89. The molecule has 0 fully saturated rings. The normalized spacial score (nSPS) is 14.5. The molecule has 0 aliphatic heterocycles. The number of aliphatic imine (C=N–C) groups is 1. The van der Waals surface area contributed by atoms with Gasteiger partial charge in [-0.3, -0.25) is 4.79 Å². The summed E-state index contributed by atoms with van der Waals surface area (Å²) < 4.78 is 5.54. The van der Waals surface area contributed by atoms with Crippen molar-refractivity contribution in [3.05, 3.63) is 0 Å². The summed E-state index contributed by atoms with van der Waals surface area (Å²) in [7, 11) is 5.17. The third-order valence-electron chi connectivity index (χ3n) is 3.57. The van der Waals surface area contributed by atoms with E-state index in [1.165, 1.54) is 4.90 Å². The van der Waals surface area contributed by atoms with Gasteiger partial charge in [0.2, 0.25) is 5.91 Å². The Balaban J connectivity index is 0. The number of guanidine groups is 1. The Labute approximate surface area is 158 Å². The Morgan fingerprint density at radius 3 is 2.26 bits per heavy atom. The number of hydrogen-bond acceptors (Lipinski definition) is 3. The van der Waals surface area contributed by atoms with Crippen molar-refractivity contribution in [1.82, 2.24) is 15.5 Å². The van der Waals surface area contributed by atoms with Crippen molar-refractivity contribution in [1.29, 1.82) is 0 Å². The van der Waals surface area contributed by atoms with Crippen molar-refractivity contribution < 1.29 is 9.53 Å². The highest BCUT2D eigenvalue weighted by atomic mass is 127. The number of halogens is 1. The molecule has 0 aliphatic carbocycles. The third kappa shape index (κ3) is 10.8. The predicted octanol–water partition coefficient (Wildman–Crippen LogP) is 2.09. The first kappa shape index (κ1) is 24.7. The number of hydrogen-bond donors (Lipinski definition) is 2. The second-order valence-corrected chi connectivity index (χ2v) is 6.88. The molecule has 0 saturated heterocycles. The molecule has 2 unspecified atom stereocenters. The molecule has 0 spiro atoms. The summed E-state index contributed by atoms with van der Waals surface area (Å²) in [6, 6.07) is 0.288. The maximum absolute atomic E-state index is 11.7. The van der Waals surface area contributed by atoms with Crippen molar-refractivity contribution >= 4 is 35.8 Å². The van der Waals surface area contributed by atoms with Crippen LogP contribution in [0.4, 0.5) is 0 Å². The fourth-order valence-electron chi connectivity index (χ4n) is 1.71. The molecule has 0 heterocycles. The smallest absolute Gasteiger partial charge is 0.243 e. The van der Waals surface area contributed by atoms with Crippen molar-refractivity contribution in [3.8, 4) is 0 Å². The lowest BCUT2D eigenvalue weighted by molar-refractivity contribution is -0.127. The minimum Gasteiger partial charge on any atom is -0.379 e. The number of nitrogens with zero attached hydrogens (tertiary/aromatic N) is 2. The molecule has 0 aliphatic rings. The average molecular weight is 442 g/mol. The van der Waals surface area contributed by atoms with Crippen LogP contribution >= 0.6 is 24.0 Å². The van der Waals surface area contributed by atoms with E-state index < -0.39 is 0 Å². The number of rotatable bonds is 7. The van der Waals surface area contributed by atoms with E-state index in [1.807, 2.05) is 0 Å². The number of likely N-dealkylation sites (N-methyl/N-ethyl adjacent to an activating group) is 1. The lowest BCUT2D eigenvalue weighted by Crippen LogP contribution is -2.47. The topological polar surface area (TPSA) is 66.0 Å². The lowest BCUT2D eigenvalue weighted by Gasteiger charge is -2.30.